The van der Waals surface area contributed by atoms with Crippen LogP contribution in [0.2, 0.25) is 5.15 Å². The fraction of sp³-hybridized carbons (Fsp3) is 0.615. The molecule has 6 nitrogen and oxygen atoms in total. The minimum absolute atomic E-state index is 0.0110. The van der Waals surface area contributed by atoms with Crippen molar-refractivity contribution in [3.05, 3.63) is 17.5 Å². The Hall–Kier alpha value is -1.63. The van der Waals surface area contributed by atoms with E-state index in [1.54, 1.807) is 20.8 Å². The summed E-state index contributed by atoms with van der Waals surface area (Å²) in [6.45, 7) is 5.32. The predicted octanol–water partition coefficient (Wildman–Crippen LogP) is 2.50. The first kappa shape index (κ1) is 15.8. The van der Waals surface area contributed by atoms with E-state index in [2.05, 4.69) is 15.3 Å². The molecular weight excluding hydrogens is 299 g/mol. The van der Waals surface area contributed by atoms with Gasteiger partial charge in [0.15, 0.2) is 5.67 Å². The maximum absolute atomic E-state index is 14.3. The van der Waals surface area contributed by atoms with Crippen molar-refractivity contribution in [1.29, 1.82) is 0 Å². The van der Waals surface area contributed by atoms with Gasteiger partial charge >= 0.3 is 6.09 Å². The van der Waals surface area contributed by atoms with Crippen LogP contribution in [0.25, 0.3) is 0 Å². The summed E-state index contributed by atoms with van der Waals surface area (Å²) in [4.78, 5) is 20.9. The van der Waals surface area contributed by atoms with Gasteiger partial charge in [-0.2, -0.15) is 0 Å². The van der Waals surface area contributed by atoms with E-state index in [0.29, 0.717) is 5.82 Å². The number of carbonyl (C=O) groups is 1. The van der Waals surface area contributed by atoms with Crippen LogP contribution >= 0.6 is 11.6 Å². The van der Waals surface area contributed by atoms with Gasteiger partial charge in [-0.15, -0.1) is 0 Å². The molecule has 1 fully saturated rings. The third-order valence-corrected chi connectivity index (χ3v) is 2.97. The first-order valence-corrected chi connectivity index (χ1v) is 6.93. The number of hydrogen-bond donors (Lipinski definition) is 1. The van der Waals surface area contributed by atoms with Crippen LogP contribution in [0.4, 0.5) is 15.0 Å². The number of hydrogen-bond acceptors (Lipinski definition) is 5. The fourth-order valence-electron chi connectivity index (χ4n) is 1.88. The highest BCUT2D eigenvalue weighted by molar-refractivity contribution is 6.29. The minimum atomic E-state index is -1.50. The van der Waals surface area contributed by atoms with Crippen LogP contribution < -0.4 is 5.32 Å². The largest absolute Gasteiger partial charge is 0.444 e. The Labute approximate surface area is 127 Å². The highest BCUT2D eigenvalue weighted by Gasteiger charge is 2.47. The summed E-state index contributed by atoms with van der Waals surface area (Å²) in [5.74, 6) is 0.398. The van der Waals surface area contributed by atoms with E-state index in [9.17, 15) is 9.18 Å². The number of nitrogens with zero attached hydrogens (tertiary/aromatic N) is 3. The van der Waals surface area contributed by atoms with Gasteiger partial charge in [0.1, 0.15) is 16.6 Å². The van der Waals surface area contributed by atoms with Crippen LogP contribution in [0.3, 0.4) is 0 Å². The zero-order chi connectivity index (χ0) is 15.7. The molecule has 1 N–H and O–H groups in total. The van der Waals surface area contributed by atoms with Crippen LogP contribution in [0.1, 0.15) is 20.8 Å². The Kier molecular flexibility index (Phi) is 4.22. The molecule has 8 heteroatoms. The van der Waals surface area contributed by atoms with Gasteiger partial charge < -0.3 is 15.0 Å². The Morgan fingerprint density at radius 3 is 2.76 bits per heavy atom. The first-order chi connectivity index (χ1) is 9.67. The van der Waals surface area contributed by atoms with E-state index >= 15 is 0 Å². The summed E-state index contributed by atoms with van der Waals surface area (Å²) in [5.41, 5.74) is -2.08. The number of halogens is 2. The molecule has 1 aromatic heterocycles. The molecule has 2 heterocycles. The number of anilines is 1. The molecule has 1 amide bonds. The molecule has 0 spiro atoms. The zero-order valence-corrected chi connectivity index (χ0v) is 12.9. The number of alkyl halides is 1. The number of rotatable bonds is 3. The molecule has 0 saturated carbocycles. The SMILES string of the molecule is CC(C)(C)OC(=O)N1CC(F)(CNc2cncc(Cl)n2)C1. The normalized spacial score (nSPS) is 17.1. The smallest absolute Gasteiger partial charge is 0.410 e. The van der Waals surface area contributed by atoms with E-state index in [0.717, 1.165) is 0 Å². The van der Waals surface area contributed by atoms with Crippen molar-refractivity contribution in [1.82, 2.24) is 14.9 Å². The molecule has 1 aliphatic rings. The molecule has 0 bridgehead atoms. The van der Waals surface area contributed by atoms with Crippen molar-refractivity contribution in [2.75, 3.05) is 25.0 Å². The molecule has 1 saturated heterocycles. The van der Waals surface area contributed by atoms with E-state index in [4.69, 9.17) is 16.3 Å². The van der Waals surface area contributed by atoms with Gasteiger partial charge in [-0.3, -0.25) is 4.98 Å². The van der Waals surface area contributed by atoms with Crippen molar-refractivity contribution in [3.63, 3.8) is 0 Å². The number of aromatic nitrogens is 2. The van der Waals surface area contributed by atoms with Crippen molar-refractivity contribution in [2.45, 2.75) is 32.0 Å². The summed E-state index contributed by atoms with van der Waals surface area (Å²) in [6, 6.07) is 0. The highest BCUT2D eigenvalue weighted by atomic mass is 35.5. The van der Waals surface area contributed by atoms with Gasteiger partial charge in [-0.05, 0) is 20.8 Å². The summed E-state index contributed by atoms with van der Waals surface area (Å²) >= 11 is 5.69. The number of carbonyl (C=O) groups excluding carboxylic acids is 1. The average Bonchev–Trinajstić information content (AvgIpc) is 2.31. The van der Waals surface area contributed by atoms with Crippen molar-refractivity contribution < 1.29 is 13.9 Å². The minimum Gasteiger partial charge on any atom is -0.444 e. The van der Waals surface area contributed by atoms with Gasteiger partial charge in [-0.25, -0.2) is 14.2 Å². The Balaban J connectivity index is 1.80. The number of nitrogens with one attached hydrogen (secondary N) is 1. The third-order valence-electron chi connectivity index (χ3n) is 2.79. The lowest BCUT2D eigenvalue weighted by molar-refractivity contribution is -0.0445. The third kappa shape index (κ3) is 4.42. The Morgan fingerprint density at radius 1 is 1.52 bits per heavy atom. The van der Waals surface area contributed by atoms with Crippen LogP contribution in [0.15, 0.2) is 12.4 Å². The molecule has 0 unspecified atom stereocenters. The topological polar surface area (TPSA) is 67.3 Å². The molecule has 0 atom stereocenters. The molecule has 116 valence electrons. The monoisotopic (exact) mass is 316 g/mol. The van der Waals surface area contributed by atoms with Crippen LogP contribution in [-0.4, -0.2) is 51.9 Å². The van der Waals surface area contributed by atoms with Gasteiger partial charge in [0.25, 0.3) is 0 Å². The summed E-state index contributed by atoms with van der Waals surface area (Å²) < 4.78 is 19.5. The van der Waals surface area contributed by atoms with Gasteiger partial charge in [0, 0.05) is 0 Å². The maximum atomic E-state index is 14.3. The maximum Gasteiger partial charge on any atom is 0.410 e. The van der Waals surface area contributed by atoms with E-state index in [-0.39, 0.29) is 24.8 Å². The van der Waals surface area contributed by atoms with Crippen molar-refractivity contribution in [3.8, 4) is 0 Å². The lowest BCUT2D eigenvalue weighted by atomic mass is 9.97. The van der Waals surface area contributed by atoms with Gasteiger partial charge in [-0.1, -0.05) is 11.6 Å². The molecule has 0 aliphatic carbocycles. The second kappa shape index (κ2) is 5.63. The Bertz CT molecular complexity index is 529. The van der Waals surface area contributed by atoms with Gasteiger partial charge in [0.05, 0.1) is 32.0 Å². The summed E-state index contributed by atoms with van der Waals surface area (Å²) in [7, 11) is 0. The van der Waals surface area contributed by atoms with Gasteiger partial charge in [0.2, 0.25) is 0 Å². The predicted molar refractivity (Wildman–Crippen MR) is 77.2 cm³/mol. The number of ether oxygens (including phenoxy) is 1. The number of likely N-dealkylation sites (tertiary alicyclic amines) is 1. The molecule has 2 rings (SSSR count). The van der Waals surface area contributed by atoms with E-state index < -0.39 is 17.4 Å². The fourth-order valence-corrected chi connectivity index (χ4v) is 2.03. The lowest BCUT2D eigenvalue weighted by Gasteiger charge is -2.44. The lowest BCUT2D eigenvalue weighted by Crippen LogP contribution is -2.64. The van der Waals surface area contributed by atoms with E-state index in [1.807, 2.05) is 0 Å². The molecule has 0 aromatic carbocycles. The molecule has 21 heavy (non-hydrogen) atoms. The summed E-state index contributed by atoms with van der Waals surface area (Å²) in [6.07, 6.45) is 2.35. The van der Waals surface area contributed by atoms with Crippen LogP contribution in [0.5, 0.6) is 0 Å². The van der Waals surface area contributed by atoms with E-state index in [1.165, 1.54) is 17.3 Å². The molecule has 0 radical (unpaired) electrons. The second-order valence-electron chi connectivity index (χ2n) is 6.07. The van der Waals surface area contributed by atoms with Crippen LogP contribution in [-0.2, 0) is 4.74 Å². The summed E-state index contributed by atoms with van der Waals surface area (Å²) in [5, 5.41) is 3.06. The second-order valence-corrected chi connectivity index (χ2v) is 6.46. The molecule has 1 aliphatic heterocycles. The first-order valence-electron chi connectivity index (χ1n) is 6.55. The van der Waals surface area contributed by atoms with Crippen LogP contribution in [0, 0.1) is 0 Å². The average molecular weight is 317 g/mol. The highest BCUT2D eigenvalue weighted by Crippen LogP contribution is 2.27. The molecular formula is C13H18ClFN4O2. The van der Waals surface area contributed by atoms with Crippen molar-refractivity contribution >= 4 is 23.5 Å². The number of amides is 1. The molecule has 1 aromatic rings. The standard InChI is InChI=1S/C13H18ClFN4O2/c1-12(2,3)21-11(20)19-7-13(15,8-19)6-17-10-5-16-4-9(14)18-10/h4-5H,6-8H2,1-3H3,(H,17,18). The Morgan fingerprint density at radius 2 is 2.19 bits per heavy atom. The quantitative estimate of drug-likeness (QED) is 0.928. The van der Waals surface area contributed by atoms with Crippen molar-refractivity contribution in [2.24, 2.45) is 0 Å². The zero-order valence-electron chi connectivity index (χ0n) is 12.2.